The van der Waals surface area contributed by atoms with Crippen molar-refractivity contribution >= 4 is 11.8 Å². The minimum absolute atomic E-state index is 0.0414. The monoisotopic (exact) mass is 352 g/mol. The second kappa shape index (κ2) is 8.41. The number of benzene rings is 2. The first-order valence-corrected chi connectivity index (χ1v) is 7.43. The maximum atomic E-state index is 13.4. The standard InChI is InChI=1S/C17H18F2N2O4/c18-12-6-11(7-13(19)15(12)20)16(23)14(22)8-21-17(24)25-9-10-4-2-1-3-5-10/h1-7,14,16,22-23H,8-9,20H2,(H,21,24). The molecule has 0 aliphatic heterocycles. The topological polar surface area (TPSA) is 105 Å². The Bertz CT molecular complexity index is 705. The number of aliphatic hydroxyl groups excluding tert-OH is 2. The zero-order chi connectivity index (χ0) is 18.4. The highest BCUT2D eigenvalue weighted by atomic mass is 19.1. The van der Waals surface area contributed by atoms with Gasteiger partial charge in [-0.3, -0.25) is 0 Å². The molecule has 2 atom stereocenters. The number of nitrogens with two attached hydrogens (primary N) is 1. The van der Waals surface area contributed by atoms with Gasteiger partial charge in [-0.2, -0.15) is 0 Å². The van der Waals surface area contributed by atoms with Gasteiger partial charge >= 0.3 is 6.09 Å². The molecule has 0 saturated carbocycles. The lowest BCUT2D eigenvalue weighted by molar-refractivity contribution is 0.0181. The van der Waals surface area contributed by atoms with Gasteiger partial charge in [0.15, 0.2) is 0 Å². The van der Waals surface area contributed by atoms with Crippen LogP contribution in [0.5, 0.6) is 0 Å². The summed E-state index contributed by atoms with van der Waals surface area (Å²) in [6.07, 6.45) is -3.91. The first kappa shape index (κ1) is 18.6. The predicted molar refractivity (Wildman–Crippen MR) is 86.4 cm³/mol. The quantitative estimate of drug-likeness (QED) is 0.594. The molecule has 8 heteroatoms. The third-order valence-electron chi connectivity index (χ3n) is 3.48. The summed E-state index contributed by atoms with van der Waals surface area (Å²) in [6, 6.07) is 10.6. The van der Waals surface area contributed by atoms with Crippen molar-refractivity contribution in [1.82, 2.24) is 5.32 Å². The van der Waals surface area contributed by atoms with Crippen LogP contribution in [-0.2, 0) is 11.3 Å². The Balaban J connectivity index is 1.84. The Hall–Kier alpha value is -2.71. The highest BCUT2D eigenvalue weighted by molar-refractivity contribution is 5.67. The Labute approximate surface area is 142 Å². The van der Waals surface area contributed by atoms with Crippen molar-refractivity contribution in [2.24, 2.45) is 0 Å². The number of hydrogen-bond donors (Lipinski definition) is 4. The predicted octanol–water partition coefficient (Wildman–Crippen LogP) is 1.87. The lowest BCUT2D eigenvalue weighted by Gasteiger charge is -2.19. The van der Waals surface area contributed by atoms with Crippen LogP contribution in [0.3, 0.4) is 0 Å². The Morgan fingerprint density at radius 2 is 1.76 bits per heavy atom. The van der Waals surface area contributed by atoms with E-state index in [-0.39, 0.29) is 18.7 Å². The van der Waals surface area contributed by atoms with Gasteiger partial charge in [0.05, 0.1) is 0 Å². The number of hydrogen-bond acceptors (Lipinski definition) is 5. The molecule has 2 rings (SSSR count). The Kier molecular flexibility index (Phi) is 6.26. The molecule has 2 aromatic carbocycles. The van der Waals surface area contributed by atoms with Crippen LogP contribution in [0.2, 0.25) is 0 Å². The highest BCUT2D eigenvalue weighted by Crippen LogP contribution is 2.23. The molecule has 134 valence electrons. The molecule has 0 heterocycles. The number of rotatable bonds is 6. The van der Waals surface area contributed by atoms with Crippen LogP contribution in [0.4, 0.5) is 19.3 Å². The zero-order valence-electron chi connectivity index (χ0n) is 13.2. The van der Waals surface area contributed by atoms with Crippen molar-refractivity contribution < 1.29 is 28.5 Å². The molecule has 0 spiro atoms. The van der Waals surface area contributed by atoms with Crippen molar-refractivity contribution in [2.75, 3.05) is 12.3 Å². The third-order valence-corrected chi connectivity index (χ3v) is 3.48. The number of anilines is 1. The Morgan fingerprint density at radius 3 is 2.36 bits per heavy atom. The van der Waals surface area contributed by atoms with Gasteiger partial charge in [0.1, 0.15) is 36.1 Å². The summed E-state index contributed by atoms with van der Waals surface area (Å²) in [6.45, 7) is -0.331. The largest absolute Gasteiger partial charge is 0.445 e. The molecule has 0 bridgehead atoms. The fourth-order valence-corrected chi connectivity index (χ4v) is 2.07. The molecule has 2 aromatic rings. The molecule has 0 radical (unpaired) electrons. The van der Waals surface area contributed by atoms with Crippen molar-refractivity contribution in [3.63, 3.8) is 0 Å². The fraction of sp³-hybridized carbons (Fsp3) is 0.235. The molecule has 2 unspecified atom stereocenters. The van der Waals surface area contributed by atoms with Gasteiger partial charge in [-0.25, -0.2) is 13.6 Å². The Morgan fingerprint density at radius 1 is 1.16 bits per heavy atom. The van der Waals surface area contributed by atoms with Crippen LogP contribution in [0.15, 0.2) is 42.5 Å². The molecule has 0 saturated heterocycles. The van der Waals surface area contributed by atoms with E-state index in [0.29, 0.717) is 0 Å². The molecule has 5 N–H and O–H groups in total. The van der Waals surface area contributed by atoms with Crippen LogP contribution in [0.25, 0.3) is 0 Å². The van der Waals surface area contributed by atoms with Crippen molar-refractivity contribution in [1.29, 1.82) is 0 Å². The van der Waals surface area contributed by atoms with Crippen LogP contribution in [0.1, 0.15) is 17.2 Å². The average Bonchev–Trinajstić information content (AvgIpc) is 2.62. The fourth-order valence-electron chi connectivity index (χ4n) is 2.07. The van der Waals surface area contributed by atoms with Gasteiger partial charge in [0.2, 0.25) is 0 Å². The van der Waals surface area contributed by atoms with Gasteiger partial charge in [-0.15, -0.1) is 0 Å². The van der Waals surface area contributed by atoms with Crippen LogP contribution in [0, 0.1) is 11.6 Å². The first-order valence-electron chi connectivity index (χ1n) is 7.43. The van der Waals surface area contributed by atoms with E-state index in [2.05, 4.69) is 5.32 Å². The van der Waals surface area contributed by atoms with E-state index < -0.39 is 35.6 Å². The summed E-state index contributed by atoms with van der Waals surface area (Å²) in [4.78, 5) is 11.6. The van der Waals surface area contributed by atoms with E-state index in [4.69, 9.17) is 10.5 Å². The van der Waals surface area contributed by atoms with Crippen LogP contribution in [-0.4, -0.2) is 29.0 Å². The SMILES string of the molecule is Nc1c(F)cc(C(O)C(O)CNC(=O)OCc2ccccc2)cc1F. The number of ether oxygens (including phenoxy) is 1. The second-order valence-corrected chi connectivity index (χ2v) is 5.35. The van der Waals surface area contributed by atoms with Crippen molar-refractivity contribution in [3.05, 3.63) is 65.2 Å². The maximum absolute atomic E-state index is 13.4. The molecule has 0 aliphatic rings. The number of amides is 1. The van der Waals surface area contributed by atoms with Gasteiger partial charge in [-0.1, -0.05) is 30.3 Å². The molecule has 0 fully saturated rings. The van der Waals surface area contributed by atoms with Crippen molar-refractivity contribution in [3.8, 4) is 0 Å². The number of carbonyl (C=O) groups excluding carboxylic acids is 1. The number of carbonyl (C=O) groups is 1. The molecular weight excluding hydrogens is 334 g/mol. The zero-order valence-corrected chi connectivity index (χ0v) is 13.2. The van der Waals surface area contributed by atoms with E-state index in [0.717, 1.165) is 17.7 Å². The molecule has 0 aromatic heterocycles. The summed E-state index contributed by atoms with van der Waals surface area (Å²) >= 11 is 0. The normalized spacial score (nSPS) is 13.1. The van der Waals surface area contributed by atoms with E-state index >= 15 is 0 Å². The smallest absolute Gasteiger partial charge is 0.407 e. The van der Waals surface area contributed by atoms with Gasteiger partial charge in [0.25, 0.3) is 0 Å². The summed E-state index contributed by atoms with van der Waals surface area (Å²) in [7, 11) is 0. The number of alkyl carbamates (subject to hydrolysis) is 1. The van der Waals surface area contributed by atoms with Crippen LogP contribution < -0.4 is 11.1 Å². The molecular formula is C17H18F2N2O4. The molecule has 1 amide bonds. The minimum atomic E-state index is -1.61. The summed E-state index contributed by atoms with van der Waals surface area (Å²) in [5, 5.41) is 22.1. The lowest BCUT2D eigenvalue weighted by atomic mass is 10.0. The summed E-state index contributed by atoms with van der Waals surface area (Å²) < 4.78 is 31.7. The van der Waals surface area contributed by atoms with E-state index in [1.807, 2.05) is 6.07 Å². The second-order valence-electron chi connectivity index (χ2n) is 5.35. The van der Waals surface area contributed by atoms with E-state index in [1.54, 1.807) is 24.3 Å². The van der Waals surface area contributed by atoms with Crippen molar-refractivity contribution in [2.45, 2.75) is 18.8 Å². The van der Waals surface area contributed by atoms with Gasteiger partial charge in [0, 0.05) is 6.54 Å². The van der Waals surface area contributed by atoms with E-state index in [9.17, 15) is 23.8 Å². The first-order chi connectivity index (χ1) is 11.9. The van der Waals surface area contributed by atoms with Gasteiger partial charge in [-0.05, 0) is 23.3 Å². The van der Waals surface area contributed by atoms with E-state index in [1.165, 1.54) is 0 Å². The molecule has 25 heavy (non-hydrogen) atoms. The highest BCUT2D eigenvalue weighted by Gasteiger charge is 2.22. The van der Waals surface area contributed by atoms with Crippen LogP contribution >= 0.6 is 0 Å². The molecule has 0 aliphatic carbocycles. The number of aliphatic hydroxyl groups is 2. The summed E-state index contributed by atoms with van der Waals surface area (Å²) in [5.41, 5.74) is 5.05. The third kappa shape index (κ3) is 5.13. The number of nitrogen functional groups attached to an aromatic ring is 1. The lowest BCUT2D eigenvalue weighted by Crippen LogP contribution is -2.35. The number of halogens is 2. The average molecular weight is 352 g/mol. The maximum Gasteiger partial charge on any atom is 0.407 e. The molecule has 6 nitrogen and oxygen atoms in total. The summed E-state index contributed by atoms with van der Waals surface area (Å²) in [5.74, 6) is -2.09. The van der Waals surface area contributed by atoms with Gasteiger partial charge < -0.3 is 26.0 Å². The minimum Gasteiger partial charge on any atom is -0.445 e. The number of nitrogens with one attached hydrogen (secondary N) is 1.